The minimum Gasteiger partial charge on any atom is -0.477 e. The summed E-state index contributed by atoms with van der Waals surface area (Å²) in [7, 11) is 0. The van der Waals surface area contributed by atoms with Gasteiger partial charge in [-0.3, -0.25) is 0 Å². The van der Waals surface area contributed by atoms with Gasteiger partial charge in [0.1, 0.15) is 4.88 Å². The first-order chi connectivity index (χ1) is 7.03. The summed E-state index contributed by atoms with van der Waals surface area (Å²) in [5.74, 6) is -0.814. The standard InChI is InChI=1S/C13H20O2S/c1-12(2,3)8-7-9(13(4,5)6)16-10(8)11(14)15/h7H,1-6H3,(H,14,15). The number of rotatable bonds is 1. The number of thiophene rings is 1. The third kappa shape index (κ3) is 2.64. The summed E-state index contributed by atoms with van der Waals surface area (Å²) in [6, 6.07) is 2.05. The summed E-state index contributed by atoms with van der Waals surface area (Å²) in [5, 5.41) is 9.22. The molecule has 0 bridgehead atoms. The van der Waals surface area contributed by atoms with Gasteiger partial charge in [-0.05, 0) is 22.5 Å². The van der Waals surface area contributed by atoms with E-state index in [0.717, 1.165) is 10.4 Å². The Hall–Kier alpha value is -0.830. The van der Waals surface area contributed by atoms with Gasteiger partial charge in [0.05, 0.1) is 0 Å². The fraction of sp³-hybridized carbons (Fsp3) is 0.615. The van der Waals surface area contributed by atoms with Gasteiger partial charge in [0.2, 0.25) is 0 Å². The number of hydrogen-bond donors (Lipinski definition) is 1. The van der Waals surface area contributed by atoms with Crippen LogP contribution in [-0.4, -0.2) is 11.1 Å². The lowest BCUT2D eigenvalue weighted by atomic mass is 9.85. The van der Waals surface area contributed by atoms with Crippen LogP contribution >= 0.6 is 11.3 Å². The molecule has 0 radical (unpaired) electrons. The summed E-state index contributed by atoms with van der Waals surface area (Å²) >= 11 is 1.40. The van der Waals surface area contributed by atoms with Crippen molar-refractivity contribution in [2.24, 2.45) is 0 Å². The number of carboxylic acids is 1. The lowest BCUT2D eigenvalue weighted by Crippen LogP contribution is -2.14. The average molecular weight is 240 g/mol. The van der Waals surface area contributed by atoms with Gasteiger partial charge in [0, 0.05) is 4.88 Å². The molecule has 1 aromatic rings. The van der Waals surface area contributed by atoms with Gasteiger partial charge in [-0.1, -0.05) is 41.5 Å². The fourth-order valence-corrected chi connectivity index (χ4v) is 2.74. The van der Waals surface area contributed by atoms with Gasteiger partial charge < -0.3 is 5.11 Å². The first-order valence-electron chi connectivity index (χ1n) is 5.41. The summed E-state index contributed by atoms with van der Waals surface area (Å²) < 4.78 is 0. The summed E-state index contributed by atoms with van der Waals surface area (Å²) in [6.45, 7) is 12.5. The molecule has 0 fully saturated rings. The molecule has 0 aliphatic carbocycles. The van der Waals surface area contributed by atoms with Crippen LogP contribution in [0.3, 0.4) is 0 Å². The Bertz CT molecular complexity index is 403. The van der Waals surface area contributed by atoms with Crippen LogP contribution in [0.4, 0.5) is 0 Å². The van der Waals surface area contributed by atoms with Gasteiger partial charge in [0.25, 0.3) is 0 Å². The number of hydrogen-bond acceptors (Lipinski definition) is 2. The second-order valence-corrected chi connectivity index (χ2v) is 7.21. The van der Waals surface area contributed by atoms with Crippen molar-refractivity contribution >= 4 is 17.3 Å². The van der Waals surface area contributed by atoms with Crippen LogP contribution in [-0.2, 0) is 10.8 Å². The van der Waals surface area contributed by atoms with E-state index in [0.29, 0.717) is 4.88 Å². The molecule has 1 rings (SSSR count). The minimum absolute atomic E-state index is 0.0123. The van der Waals surface area contributed by atoms with Crippen molar-refractivity contribution in [1.29, 1.82) is 0 Å². The molecule has 0 aromatic carbocycles. The van der Waals surface area contributed by atoms with Crippen molar-refractivity contribution in [3.8, 4) is 0 Å². The first-order valence-corrected chi connectivity index (χ1v) is 6.23. The molecular weight excluding hydrogens is 220 g/mol. The van der Waals surface area contributed by atoms with Crippen molar-refractivity contribution in [3.63, 3.8) is 0 Å². The van der Waals surface area contributed by atoms with E-state index in [-0.39, 0.29) is 10.8 Å². The highest BCUT2D eigenvalue weighted by atomic mass is 32.1. The van der Waals surface area contributed by atoms with E-state index in [9.17, 15) is 9.90 Å². The van der Waals surface area contributed by atoms with Gasteiger partial charge in [0.15, 0.2) is 0 Å². The molecule has 0 amide bonds. The molecule has 0 saturated heterocycles. The second kappa shape index (κ2) is 3.88. The van der Waals surface area contributed by atoms with E-state index in [1.54, 1.807) is 0 Å². The number of carbonyl (C=O) groups is 1. The Balaban J connectivity index is 3.38. The monoisotopic (exact) mass is 240 g/mol. The lowest BCUT2D eigenvalue weighted by molar-refractivity contribution is 0.0699. The summed E-state index contributed by atoms with van der Waals surface area (Å²) in [6.07, 6.45) is 0. The van der Waals surface area contributed by atoms with Crippen molar-refractivity contribution in [3.05, 3.63) is 21.4 Å². The van der Waals surface area contributed by atoms with Crippen LogP contribution in [0.2, 0.25) is 0 Å². The van der Waals surface area contributed by atoms with E-state index in [2.05, 4.69) is 20.8 Å². The smallest absolute Gasteiger partial charge is 0.346 e. The molecule has 0 aliphatic rings. The van der Waals surface area contributed by atoms with E-state index in [1.165, 1.54) is 11.3 Å². The Labute approximate surface area is 101 Å². The molecule has 1 N–H and O–H groups in total. The highest BCUT2D eigenvalue weighted by molar-refractivity contribution is 7.14. The number of carboxylic acid groups (broad SMARTS) is 1. The van der Waals surface area contributed by atoms with Gasteiger partial charge in [-0.15, -0.1) is 11.3 Å². The maximum absolute atomic E-state index is 11.2. The largest absolute Gasteiger partial charge is 0.477 e. The molecule has 0 saturated carbocycles. The van der Waals surface area contributed by atoms with Crippen LogP contribution in [0.25, 0.3) is 0 Å². The molecule has 1 aromatic heterocycles. The molecule has 0 atom stereocenters. The SMILES string of the molecule is CC(C)(C)c1cc(C(C)(C)C)c(C(=O)O)s1. The molecule has 0 unspecified atom stereocenters. The molecule has 0 spiro atoms. The molecule has 3 heteroatoms. The zero-order valence-corrected chi connectivity index (χ0v) is 11.7. The van der Waals surface area contributed by atoms with Gasteiger partial charge in [-0.2, -0.15) is 0 Å². The molecule has 1 heterocycles. The Morgan fingerprint density at radius 1 is 1.12 bits per heavy atom. The minimum atomic E-state index is -0.814. The van der Waals surface area contributed by atoms with E-state index < -0.39 is 5.97 Å². The predicted molar refractivity (Wildman–Crippen MR) is 68.7 cm³/mol. The average Bonchev–Trinajstić information content (AvgIpc) is 2.44. The number of aromatic carboxylic acids is 1. The van der Waals surface area contributed by atoms with Crippen LogP contribution in [0.15, 0.2) is 6.07 Å². The molecular formula is C13H20O2S. The van der Waals surface area contributed by atoms with Crippen molar-refractivity contribution in [1.82, 2.24) is 0 Å². The van der Waals surface area contributed by atoms with E-state index in [1.807, 2.05) is 26.8 Å². The maximum atomic E-state index is 11.2. The fourth-order valence-electron chi connectivity index (χ4n) is 1.48. The van der Waals surface area contributed by atoms with Crippen molar-refractivity contribution < 1.29 is 9.90 Å². The summed E-state index contributed by atoms with van der Waals surface area (Å²) in [4.78, 5) is 12.8. The highest BCUT2D eigenvalue weighted by Gasteiger charge is 2.28. The Morgan fingerprint density at radius 3 is 1.88 bits per heavy atom. The quantitative estimate of drug-likeness (QED) is 0.804. The van der Waals surface area contributed by atoms with Crippen LogP contribution in [0, 0.1) is 0 Å². The predicted octanol–water partition coefficient (Wildman–Crippen LogP) is 4.04. The highest BCUT2D eigenvalue weighted by Crippen LogP contribution is 2.37. The Kier molecular flexibility index (Phi) is 3.21. The third-order valence-electron chi connectivity index (χ3n) is 2.47. The van der Waals surface area contributed by atoms with Crippen LogP contribution in [0.5, 0.6) is 0 Å². The zero-order valence-electron chi connectivity index (χ0n) is 10.8. The Morgan fingerprint density at radius 2 is 1.62 bits per heavy atom. The van der Waals surface area contributed by atoms with Gasteiger partial charge >= 0.3 is 5.97 Å². The third-order valence-corrected chi connectivity index (χ3v) is 4.02. The molecule has 90 valence electrons. The van der Waals surface area contributed by atoms with E-state index in [4.69, 9.17) is 0 Å². The molecule has 0 aliphatic heterocycles. The van der Waals surface area contributed by atoms with Crippen molar-refractivity contribution in [2.75, 3.05) is 0 Å². The van der Waals surface area contributed by atoms with Crippen molar-refractivity contribution in [2.45, 2.75) is 52.4 Å². The topological polar surface area (TPSA) is 37.3 Å². The van der Waals surface area contributed by atoms with Crippen LogP contribution < -0.4 is 0 Å². The molecule has 2 nitrogen and oxygen atoms in total. The lowest BCUT2D eigenvalue weighted by Gasteiger charge is -2.18. The van der Waals surface area contributed by atoms with Crippen LogP contribution in [0.1, 0.15) is 61.7 Å². The summed E-state index contributed by atoms with van der Waals surface area (Å²) in [5.41, 5.74) is 0.835. The maximum Gasteiger partial charge on any atom is 0.346 e. The molecule has 16 heavy (non-hydrogen) atoms. The second-order valence-electron chi connectivity index (χ2n) is 6.16. The zero-order chi connectivity index (χ0) is 12.7. The normalized spacial score (nSPS) is 12.9. The van der Waals surface area contributed by atoms with E-state index >= 15 is 0 Å². The first kappa shape index (κ1) is 13.2. The van der Waals surface area contributed by atoms with Gasteiger partial charge in [-0.25, -0.2) is 4.79 Å².